The highest BCUT2D eigenvalue weighted by molar-refractivity contribution is 9.10. The van der Waals surface area contributed by atoms with Crippen molar-refractivity contribution in [1.82, 2.24) is 5.32 Å². The van der Waals surface area contributed by atoms with Gasteiger partial charge in [0.05, 0.1) is 12.2 Å². The van der Waals surface area contributed by atoms with Gasteiger partial charge in [-0.2, -0.15) is 0 Å². The van der Waals surface area contributed by atoms with Gasteiger partial charge >= 0.3 is 0 Å². The predicted octanol–water partition coefficient (Wildman–Crippen LogP) is 2.87. The van der Waals surface area contributed by atoms with Gasteiger partial charge in [-0.05, 0) is 29.5 Å². The van der Waals surface area contributed by atoms with E-state index in [4.69, 9.17) is 0 Å². The molecule has 0 heterocycles. The van der Waals surface area contributed by atoms with Crippen molar-refractivity contribution in [2.75, 3.05) is 13.1 Å². The standard InChI is InChI=1S/C15H24BrNO2/c1-15(2,3)8-13(18)9-17-10-14(19)11-5-4-6-12(16)7-11/h4-7,13-14,17-19H,8-10H2,1-3H3. The fraction of sp³-hybridized carbons (Fsp3) is 0.600. The highest BCUT2D eigenvalue weighted by Crippen LogP contribution is 2.20. The molecule has 0 saturated carbocycles. The summed E-state index contributed by atoms with van der Waals surface area (Å²) in [6.45, 7) is 7.26. The van der Waals surface area contributed by atoms with E-state index in [1.165, 1.54) is 0 Å². The van der Waals surface area contributed by atoms with Crippen LogP contribution in [0.25, 0.3) is 0 Å². The summed E-state index contributed by atoms with van der Waals surface area (Å²) in [7, 11) is 0. The summed E-state index contributed by atoms with van der Waals surface area (Å²) in [6, 6.07) is 7.62. The Kier molecular flexibility index (Phi) is 6.47. The molecule has 0 aliphatic carbocycles. The van der Waals surface area contributed by atoms with Gasteiger partial charge in [0.25, 0.3) is 0 Å². The molecule has 4 heteroatoms. The van der Waals surface area contributed by atoms with Crippen LogP contribution in [0.3, 0.4) is 0 Å². The Balaban J connectivity index is 2.33. The fourth-order valence-corrected chi connectivity index (χ4v) is 2.41. The molecule has 1 rings (SSSR count). The van der Waals surface area contributed by atoms with Crippen molar-refractivity contribution in [2.24, 2.45) is 5.41 Å². The van der Waals surface area contributed by atoms with E-state index in [2.05, 4.69) is 42.0 Å². The van der Waals surface area contributed by atoms with Gasteiger partial charge in [-0.25, -0.2) is 0 Å². The summed E-state index contributed by atoms with van der Waals surface area (Å²) in [5.41, 5.74) is 0.983. The molecule has 1 aromatic rings. The average Bonchev–Trinajstić information content (AvgIpc) is 2.26. The molecule has 0 saturated heterocycles. The molecule has 0 radical (unpaired) electrons. The van der Waals surface area contributed by atoms with Crippen molar-refractivity contribution in [1.29, 1.82) is 0 Å². The number of hydrogen-bond acceptors (Lipinski definition) is 3. The minimum Gasteiger partial charge on any atom is -0.392 e. The first-order chi connectivity index (χ1) is 8.78. The fourth-order valence-electron chi connectivity index (χ4n) is 2.00. The van der Waals surface area contributed by atoms with Gasteiger partial charge in [0.2, 0.25) is 0 Å². The van der Waals surface area contributed by atoms with E-state index >= 15 is 0 Å². The van der Waals surface area contributed by atoms with Gasteiger partial charge in [-0.15, -0.1) is 0 Å². The molecule has 0 aliphatic heterocycles. The number of halogens is 1. The zero-order chi connectivity index (χ0) is 14.5. The number of aliphatic hydroxyl groups is 2. The second-order valence-electron chi connectivity index (χ2n) is 6.15. The third kappa shape index (κ3) is 7.06. The van der Waals surface area contributed by atoms with E-state index in [-0.39, 0.29) is 11.5 Å². The molecule has 108 valence electrons. The lowest BCUT2D eigenvalue weighted by atomic mass is 9.89. The molecule has 0 aromatic heterocycles. The smallest absolute Gasteiger partial charge is 0.0914 e. The van der Waals surface area contributed by atoms with Gasteiger partial charge in [-0.3, -0.25) is 0 Å². The third-order valence-electron chi connectivity index (χ3n) is 2.80. The van der Waals surface area contributed by atoms with E-state index in [1.54, 1.807) is 0 Å². The Morgan fingerprint density at radius 3 is 2.47 bits per heavy atom. The van der Waals surface area contributed by atoms with Crippen molar-refractivity contribution >= 4 is 15.9 Å². The molecule has 3 N–H and O–H groups in total. The molecule has 2 unspecified atom stereocenters. The number of rotatable bonds is 6. The molecule has 0 amide bonds. The van der Waals surface area contributed by atoms with Crippen LogP contribution in [-0.4, -0.2) is 29.4 Å². The molecule has 0 bridgehead atoms. The lowest BCUT2D eigenvalue weighted by Gasteiger charge is -2.23. The largest absolute Gasteiger partial charge is 0.392 e. The third-order valence-corrected chi connectivity index (χ3v) is 3.29. The van der Waals surface area contributed by atoms with Crippen LogP contribution in [0, 0.1) is 5.41 Å². The quantitative estimate of drug-likeness (QED) is 0.752. The molecular weight excluding hydrogens is 306 g/mol. The lowest BCUT2D eigenvalue weighted by Crippen LogP contribution is -2.32. The van der Waals surface area contributed by atoms with E-state index in [0.29, 0.717) is 13.1 Å². The summed E-state index contributed by atoms with van der Waals surface area (Å²) < 4.78 is 0.955. The SMILES string of the molecule is CC(C)(C)CC(O)CNCC(O)c1cccc(Br)c1. The summed E-state index contributed by atoms with van der Waals surface area (Å²) in [4.78, 5) is 0. The van der Waals surface area contributed by atoms with Gasteiger partial charge in [0.15, 0.2) is 0 Å². The Bertz CT molecular complexity index is 390. The molecule has 0 fully saturated rings. The van der Waals surface area contributed by atoms with Crippen LogP contribution in [0.5, 0.6) is 0 Å². The van der Waals surface area contributed by atoms with Gasteiger partial charge in [0, 0.05) is 17.6 Å². The lowest BCUT2D eigenvalue weighted by molar-refractivity contribution is 0.111. The summed E-state index contributed by atoms with van der Waals surface area (Å²) in [5, 5.41) is 23.0. The molecular formula is C15H24BrNO2. The van der Waals surface area contributed by atoms with E-state index in [9.17, 15) is 10.2 Å². The van der Waals surface area contributed by atoms with Gasteiger partial charge < -0.3 is 15.5 Å². The second-order valence-corrected chi connectivity index (χ2v) is 7.06. The Hall–Kier alpha value is -0.420. The van der Waals surface area contributed by atoms with Crippen molar-refractivity contribution < 1.29 is 10.2 Å². The van der Waals surface area contributed by atoms with E-state index in [1.807, 2.05) is 24.3 Å². The van der Waals surface area contributed by atoms with Crippen LogP contribution >= 0.6 is 15.9 Å². The molecule has 1 aromatic carbocycles. The number of nitrogens with one attached hydrogen (secondary N) is 1. The Labute approximate surface area is 124 Å². The van der Waals surface area contributed by atoms with Gasteiger partial charge in [-0.1, -0.05) is 48.8 Å². The maximum absolute atomic E-state index is 10.0. The van der Waals surface area contributed by atoms with Crippen LogP contribution in [-0.2, 0) is 0 Å². The summed E-state index contributed by atoms with van der Waals surface area (Å²) in [6.07, 6.45) is -0.193. The second kappa shape index (κ2) is 7.39. The van der Waals surface area contributed by atoms with Crippen molar-refractivity contribution in [3.63, 3.8) is 0 Å². The highest BCUT2D eigenvalue weighted by Gasteiger charge is 2.16. The Morgan fingerprint density at radius 1 is 1.21 bits per heavy atom. The number of benzene rings is 1. The minimum absolute atomic E-state index is 0.115. The molecule has 19 heavy (non-hydrogen) atoms. The van der Waals surface area contributed by atoms with E-state index in [0.717, 1.165) is 16.5 Å². The van der Waals surface area contributed by atoms with Crippen molar-refractivity contribution in [3.8, 4) is 0 Å². The zero-order valence-corrected chi connectivity index (χ0v) is 13.4. The first-order valence-corrected chi connectivity index (χ1v) is 7.39. The maximum Gasteiger partial charge on any atom is 0.0914 e. The first-order valence-electron chi connectivity index (χ1n) is 6.60. The average molecular weight is 330 g/mol. The number of hydrogen-bond donors (Lipinski definition) is 3. The van der Waals surface area contributed by atoms with Crippen LogP contribution in [0.4, 0.5) is 0 Å². The Morgan fingerprint density at radius 2 is 1.89 bits per heavy atom. The highest BCUT2D eigenvalue weighted by atomic mass is 79.9. The van der Waals surface area contributed by atoms with Crippen LogP contribution in [0.1, 0.15) is 38.9 Å². The maximum atomic E-state index is 10.0. The summed E-state index contributed by atoms with van der Waals surface area (Å²) in [5.74, 6) is 0. The molecule has 3 nitrogen and oxygen atoms in total. The molecule has 2 atom stereocenters. The monoisotopic (exact) mass is 329 g/mol. The van der Waals surface area contributed by atoms with Crippen LogP contribution in [0.15, 0.2) is 28.7 Å². The molecule has 0 spiro atoms. The van der Waals surface area contributed by atoms with Crippen LogP contribution < -0.4 is 5.32 Å². The topological polar surface area (TPSA) is 52.5 Å². The van der Waals surface area contributed by atoms with E-state index < -0.39 is 6.10 Å². The van der Waals surface area contributed by atoms with Crippen molar-refractivity contribution in [2.45, 2.75) is 39.4 Å². The van der Waals surface area contributed by atoms with Crippen molar-refractivity contribution in [3.05, 3.63) is 34.3 Å². The van der Waals surface area contributed by atoms with Gasteiger partial charge in [0.1, 0.15) is 0 Å². The summed E-state index contributed by atoms with van der Waals surface area (Å²) >= 11 is 3.38. The number of aliphatic hydroxyl groups excluding tert-OH is 2. The zero-order valence-electron chi connectivity index (χ0n) is 11.9. The normalized spacial score (nSPS) is 15.3. The molecule has 0 aliphatic rings. The predicted molar refractivity (Wildman–Crippen MR) is 82.1 cm³/mol. The minimum atomic E-state index is -0.556. The van der Waals surface area contributed by atoms with Crippen LogP contribution in [0.2, 0.25) is 0 Å². The first kappa shape index (κ1) is 16.6.